The first-order valence-corrected chi connectivity index (χ1v) is 9.85. The minimum Gasteiger partial charge on any atom is -0.388 e. The molecule has 28 heavy (non-hydrogen) atoms. The predicted octanol–water partition coefficient (Wildman–Crippen LogP) is 0.435. The van der Waals surface area contributed by atoms with Crippen molar-refractivity contribution in [2.24, 2.45) is 5.92 Å². The first-order valence-electron chi connectivity index (χ1n) is 9.85. The summed E-state index contributed by atoms with van der Waals surface area (Å²) in [6, 6.07) is 0.134. The molecule has 3 N–H and O–H groups in total. The molecule has 168 valence electrons. The second kappa shape index (κ2) is 15.4. The highest BCUT2D eigenvalue weighted by Crippen LogP contribution is 2.12. The Bertz CT molecular complexity index is 416. The molecule has 1 unspecified atom stereocenters. The Hall–Kier alpha value is -0.480. The number of methoxy groups -OCH3 is 2. The molecule has 1 heterocycles. The zero-order valence-corrected chi connectivity index (χ0v) is 18.5. The van der Waals surface area contributed by atoms with Crippen molar-refractivity contribution in [1.82, 2.24) is 10.2 Å². The van der Waals surface area contributed by atoms with Gasteiger partial charge in [-0.1, -0.05) is 13.8 Å². The number of aliphatic hydroxyl groups is 2. The molecule has 0 aromatic carbocycles. The van der Waals surface area contributed by atoms with Crippen molar-refractivity contribution in [2.45, 2.75) is 57.5 Å². The van der Waals surface area contributed by atoms with Crippen molar-refractivity contribution in [3.63, 3.8) is 0 Å². The molecule has 8 nitrogen and oxygen atoms in total. The molecule has 0 aromatic heterocycles. The molecule has 1 aliphatic heterocycles. The highest BCUT2D eigenvalue weighted by Gasteiger charge is 2.31. The number of nitrogens with zero attached hydrogens (tertiary/aromatic N) is 1. The van der Waals surface area contributed by atoms with E-state index in [0.717, 1.165) is 25.8 Å². The third kappa shape index (κ3) is 10.3. The van der Waals surface area contributed by atoms with Crippen molar-refractivity contribution in [3.05, 3.63) is 0 Å². The van der Waals surface area contributed by atoms with Crippen LogP contribution in [0.25, 0.3) is 0 Å². The minimum absolute atomic E-state index is 0. The SMILES string of the molecule is COCC(=O)N1CC(CC(C)C)NCCCCOC[C@@H](O)[C@@H](O)[C@H](OC)C1.Cl. The summed E-state index contributed by atoms with van der Waals surface area (Å²) in [6.07, 6.45) is -0.193. The fraction of sp³-hybridized carbons (Fsp3) is 0.947. The van der Waals surface area contributed by atoms with E-state index >= 15 is 0 Å². The maximum absolute atomic E-state index is 12.6. The summed E-state index contributed by atoms with van der Waals surface area (Å²) < 4.78 is 15.9. The monoisotopic (exact) mass is 426 g/mol. The summed E-state index contributed by atoms with van der Waals surface area (Å²) in [4.78, 5) is 14.2. The Kier molecular flexibility index (Phi) is 15.1. The standard InChI is InChI=1S/C19H38N2O6.ClH/c1-14(2)9-15-10-21(18(23)13-25-3)11-17(26-4)19(24)16(22)12-27-8-6-5-7-20-15;/h14-17,19-20,22,24H,5-13H2,1-4H3;1H/t15?,16-,17-,19-;/m1./s1. The highest BCUT2D eigenvalue weighted by atomic mass is 35.5. The topological polar surface area (TPSA) is 100 Å². The van der Waals surface area contributed by atoms with Gasteiger partial charge in [0.1, 0.15) is 24.9 Å². The molecule has 0 radical (unpaired) electrons. The molecule has 9 heteroatoms. The first kappa shape index (κ1) is 27.5. The van der Waals surface area contributed by atoms with Crippen LogP contribution in [0.4, 0.5) is 0 Å². The molecular weight excluding hydrogens is 388 g/mol. The van der Waals surface area contributed by atoms with Gasteiger partial charge in [-0.25, -0.2) is 0 Å². The average molecular weight is 427 g/mol. The van der Waals surface area contributed by atoms with E-state index in [1.807, 2.05) is 0 Å². The number of carbonyl (C=O) groups excluding carboxylic acids is 1. The van der Waals surface area contributed by atoms with Gasteiger partial charge in [-0.05, 0) is 31.7 Å². The molecule has 1 amide bonds. The number of aliphatic hydroxyl groups excluding tert-OH is 2. The number of hydrogen-bond acceptors (Lipinski definition) is 7. The summed E-state index contributed by atoms with van der Waals surface area (Å²) in [5.41, 5.74) is 0. The fourth-order valence-corrected chi connectivity index (χ4v) is 3.28. The summed E-state index contributed by atoms with van der Waals surface area (Å²) in [7, 11) is 2.95. The number of halogens is 1. The molecule has 1 saturated heterocycles. The molecule has 4 atom stereocenters. The molecule has 0 aliphatic carbocycles. The molecule has 0 spiro atoms. The van der Waals surface area contributed by atoms with Gasteiger partial charge in [-0.3, -0.25) is 4.79 Å². The number of carbonyl (C=O) groups is 1. The molecule has 0 saturated carbocycles. The van der Waals surface area contributed by atoms with E-state index in [4.69, 9.17) is 14.2 Å². The first-order chi connectivity index (χ1) is 12.9. The highest BCUT2D eigenvalue weighted by molar-refractivity contribution is 5.85. The van der Waals surface area contributed by atoms with E-state index < -0.39 is 18.3 Å². The van der Waals surface area contributed by atoms with Crippen LogP contribution in [0.5, 0.6) is 0 Å². The van der Waals surface area contributed by atoms with E-state index in [1.165, 1.54) is 14.2 Å². The van der Waals surface area contributed by atoms with Gasteiger partial charge in [0.2, 0.25) is 5.91 Å². The molecular formula is C19H39ClN2O6. The summed E-state index contributed by atoms with van der Waals surface area (Å²) in [5, 5.41) is 24.2. The van der Waals surface area contributed by atoms with E-state index in [9.17, 15) is 15.0 Å². The number of amides is 1. The summed E-state index contributed by atoms with van der Waals surface area (Å²) >= 11 is 0. The van der Waals surface area contributed by atoms with Gasteiger partial charge in [0.15, 0.2) is 0 Å². The number of rotatable bonds is 5. The van der Waals surface area contributed by atoms with Gasteiger partial charge >= 0.3 is 0 Å². The fourth-order valence-electron chi connectivity index (χ4n) is 3.28. The van der Waals surface area contributed by atoms with Crippen molar-refractivity contribution < 1.29 is 29.2 Å². The van der Waals surface area contributed by atoms with Crippen LogP contribution in [-0.2, 0) is 19.0 Å². The lowest BCUT2D eigenvalue weighted by Gasteiger charge is -2.34. The van der Waals surface area contributed by atoms with Crippen LogP contribution >= 0.6 is 12.4 Å². The molecule has 0 aromatic rings. The van der Waals surface area contributed by atoms with Crippen molar-refractivity contribution in [2.75, 3.05) is 53.7 Å². The minimum atomic E-state index is -1.15. The second-order valence-electron chi connectivity index (χ2n) is 7.63. The Balaban J connectivity index is 0.00000729. The Morgan fingerprint density at radius 1 is 1.25 bits per heavy atom. The van der Waals surface area contributed by atoms with E-state index in [1.54, 1.807) is 4.90 Å². The predicted molar refractivity (Wildman–Crippen MR) is 110 cm³/mol. The average Bonchev–Trinajstić information content (AvgIpc) is 2.62. The van der Waals surface area contributed by atoms with Crippen LogP contribution in [0.3, 0.4) is 0 Å². The van der Waals surface area contributed by atoms with E-state index in [-0.39, 0.29) is 44.1 Å². The summed E-state index contributed by atoms with van der Waals surface area (Å²) in [5.74, 6) is 0.315. The van der Waals surface area contributed by atoms with Crippen molar-refractivity contribution >= 4 is 18.3 Å². The maximum Gasteiger partial charge on any atom is 0.248 e. The van der Waals surface area contributed by atoms with Gasteiger partial charge in [0.25, 0.3) is 0 Å². The normalized spacial score (nSPS) is 28.5. The van der Waals surface area contributed by atoms with Gasteiger partial charge in [-0.15, -0.1) is 12.4 Å². The number of ether oxygens (including phenoxy) is 3. The molecule has 1 aliphatic rings. The van der Waals surface area contributed by atoms with Crippen LogP contribution in [-0.4, -0.2) is 99.0 Å². The van der Waals surface area contributed by atoms with Crippen molar-refractivity contribution in [1.29, 1.82) is 0 Å². The molecule has 1 rings (SSSR count). The lowest BCUT2D eigenvalue weighted by Crippen LogP contribution is -2.52. The van der Waals surface area contributed by atoms with Gasteiger partial charge in [0, 0.05) is 40.0 Å². The largest absolute Gasteiger partial charge is 0.388 e. The third-order valence-electron chi connectivity index (χ3n) is 4.73. The van der Waals surface area contributed by atoms with Crippen LogP contribution in [0, 0.1) is 5.92 Å². The van der Waals surface area contributed by atoms with Crippen LogP contribution in [0.1, 0.15) is 33.1 Å². The third-order valence-corrected chi connectivity index (χ3v) is 4.73. The van der Waals surface area contributed by atoms with Crippen LogP contribution in [0.2, 0.25) is 0 Å². The lowest BCUT2D eigenvalue weighted by atomic mass is 10.0. The van der Waals surface area contributed by atoms with Crippen molar-refractivity contribution in [3.8, 4) is 0 Å². The van der Waals surface area contributed by atoms with Crippen LogP contribution in [0.15, 0.2) is 0 Å². The van der Waals surface area contributed by atoms with Gasteiger partial charge in [0.05, 0.1) is 6.61 Å². The quantitative estimate of drug-likeness (QED) is 0.586. The Morgan fingerprint density at radius 3 is 2.57 bits per heavy atom. The zero-order chi connectivity index (χ0) is 20.2. The van der Waals surface area contributed by atoms with Gasteiger partial charge in [-0.2, -0.15) is 0 Å². The Morgan fingerprint density at radius 2 is 1.96 bits per heavy atom. The second-order valence-corrected chi connectivity index (χ2v) is 7.63. The van der Waals surface area contributed by atoms with E-state index in [0.29, 0.717) is 19.1 Å². The smallest absolute Gasteiger partial charge is 0.248 e. The summed E-state index contributed by atoms with van der Waals surface area (Å²) in [6.45, 7) is 6.36. The number of hydrogen-bond donors (Lipinski definition) is 3. The number of nitrogens with one attached hydrogen (secondary N) is 1. The molecule has 1 fully saturated rings. The van der Waals surface area contributed by atoms with E-state index in [2.05, 4.69) is 19.2 Å². The van der Waals surface area contributed by atoms with Gasteiger partial charge < -0.3 is 34.6 Å². The van der Waals surface area contributed by atoms with Crippen LogP contribution < -0.4 is 5.32 Å². The molecule has 0 bridgehead atoms. The maximum atomic E-state index is 12.6. The lowest BCUT2D eigenvalue weighted by molar-refractivity contribution is -0.142. The Labute approximate surface area is 175 Å². The zero-order valence-electron chi connectivity index (χ0n) is 17.6.